The van der Waals surface area contributed by atoms with Gasteiger partial charge >= 0.3 is 0 Å². The Hall–Kier alpha value is -0.920. The summed E-state index contributed by atoms with van der Waals surface area (Å²) >= 11 is 3.31. The van der Waals surface area contributed by atoms with Crippen molar-refractivity contribution >= 4 is 37.4 Å². The summed E-state index contributed by atoms with van der Waals surface area (Å²) in [6.07, 6.45) is 1.71. The first-order valence-corrected chi connectivity index (χ1v) is 8.66. The summed E-state index contributed by atoms with van der Waals surface area (Å²) in [6.45, 7) is 0.667. The van der Waals surface area contributed by atoms with Gasteiger partial charge < -0.3 is 10.6 Å². The zero-order valence-corrected chi connectivity index (χ0v) is 13.1. The van der Waals surface area contributed by atoms with Crippen molar-refractivity contribution in [2.24, 2.45) is 0 Å². The van der Waals surface area contributed by atoms with Crippen LogP contribution < -0.4 is 10.6 Å². The van der Waals surface area contributed by atoms with Crippen LogP contribution in [0.5, 0.6) is 0 Å². The molecule has 0 aliphatic heterocycles. The van der Waals surface area contributed by atoms with Crippen molar-refractivity contribution in [2.45, 2.75) is 6.42 Å². The van der Waals surface area contributed by atoms with E-state index in [0.717, 1.165) is 10.2 Å². The third-order valence-corrected chi connectivity index (χ3v) is 3.84. The Morgan fingerprint density at radius 3 is 2.47 bits per heavy atom. The zero-order valence-electron chi connectivity index (χ0n) is 10.6. The van der Waals surface area contributed by atoms with Gasteiger partial charge in [0.25, 0.3) is 0 Å². The number of halogens is 1. The van der Waals surface area contributed by atoms with Gasteiger partial charge in [-0.2, -0.15) is 0 Å². The summed E-state index contributed by atoms with van der Waals surface area (Å²) in [6, 6.07) is 7.28. The van der Waals surface area contributed by atoms with Crippen LogP contribution in [0.25, 0.3) is 0 Å². The van der Waals surface area contributed by atoms with E-state index in [1.54, 1.807) is 12.1 Å². The molecule has 19 heavy (non-hydrogen) atoms. The smallest absolute Gasteiger partial charge is 0.238 e. The fourth-order valence-electron chi connectivity index (χ4n) is 1.40. The monoisotopic (exact) mass is 348 g/mol. The Morgan fingerprint density at radius 2 is 1.89 bits per heavy atom. The van der Waals surface area contributed by atoms with E-state index in [-0.39, 0.29) is 18.2 Å². The van der Waals surface area contributed by atoms with Gasteiger partial charge in [0.1, 0.15) is 9.84 Å². The molecule has 7 heteroatoms. The second-order valence-corrected chi connectivity index (χ2v) is 7.39. The fraction of sp³-hybridized carbons (Fsp3) is 0.417. The van der Waals surface area contributed by atoms with E-state index in [0.29, 0.717) is 13.0 Å². The van der Waals surface area contributed by atoms with E-state index in [4.69, 9.17) is 0 Å². The van der Waals surface area contributed by atoms with Gasteiger partial charge in [-0.15, -0.1) is 0 Å². The Labute approximate surface area is 121 Å². The number of amides is 1. The minimum Gasteiger partial charge on any atom is -0.325 e. The van der Waals surface area contributed by atoms with Crippen molar-refractivity contribution in [2.75, 3.05) is 30.4 Å². The van der Waals surface area contributed by atoms with Crippen LogP contribution in [0.2, 0.25) is 0 Å². The second kappa shape index (κ2) is 7.62. The maximum atomic E-state index is 11.6. The van der Waals surface area contributed by atoms with E-state index in [1.165, 1.54) is 6.26 Å². The lowest BCUT2D eigenvalue weighted by Gasteiger charge is -2.06. The van der Waals surface area contributed by atoms with E-state index in [9.17, 15) is 13.2 Å². The predicted molar refractivity (Wildman–Crippen MR) is 80.0 cm³/mol. The average molecular weight is 349 g/mol. The molecule has 0 aliphatic carbocycles. The highest BCUT2D eigenvalue weighted by Crippen LogP contribution is 2.13. The van der Waals surface area contributed by atoms with Crippen molar-refractivity contribution < 1.29 is 13.2 Å². The lowest BCUT2D eigenvalue weighted by molar-refractivity contribution is -0.115. The Bertz CT molecular complexity index is 514. The minimum atomic E-state index is -2.92. The van der Waals surface area contributed by atoms with Gasteiger partial charge in [-0.25, -0.2) is 8.42 Å². The van der Waals surface area contributed by atoms with Gasteiger partial charge in [0.15, 0.2) is 0 Å². The number of rotatable bonds is 7. The summed E-state index contributed by atoms with van der Waals surface area (Å²) in [7, 11) is -2.92. The van der Waals surface area contributed by atoms with Gasteiger partial charge in [-0.1, -0.05) is 15.9 Å². The Balaban J connectivity index is 2.20. The molecule has 5 nitrogen and oxygen atoms in total. The molecule has 0 unspecified atom stereocenters. The zero-order chi connectivity index (χ0) is 14.3. The Morgan fingerprint density at radius 1 is 1.26 bits per heavy atom. The highest BCUT2D eigenvalue weighted by molar-refractivity contribution is 9.10. The molecule has 0 fully saturated rings. The molecule has 0 spiro atoms. The van der Waals surface area contributed by atoms with Gasteiger partial charge in [0.05, 0.1) is 12.3 Å². The molecular weight excluding hydrogens is 332 g/mol. The van der Waals surface area contributed by atoms with Crippen LogP contribution in [0.1, 0.15) is 6.42 Å². The van der Waals surface area contributed by atoms with Gasteiger partial charge in [-0.05, 0) is 37.2 Å². The number of carbonyl (C=O) groups is 1. The molecule has 1 rings (SSSR count). The molecule has 0 bridgehead atoms. The van der Waals surface area contributed by atoms with Crippen molar-refractivity contribution in [1.82, 2.24) is 5.32 Å². The molecule has 1 aromatic rings. The second-order valence-electron chi connectivity index (χ2n) is 4.22. The van der Waals surface area contributed by atoms with E-state index < -0.39 is 9.84 Å². The predicted octanol–water partition coefficient (Wildman–Crippen LogP) is 1.41. The number of hydrogen-bond donors (Lipinski definition) is 2. The molecule has 2 N–H and O–H groups in total. The molecule has 1 amide bonds. The standard InChI is InChI=1S/C12H17BrN2O3S/c1-19(17,18)8-2-7-14-9-12(16)15-11-5-3-10(13)4-6-11/h3-6,14H,2,7-9H2,1H3,(H,15,16). The number of carbonyl (C=O) groups excluding carboxylic acids is 1. The van der Waals surface area contributed by atoms with Crippen molar-refractivity contribution in [1.29, 1.82) is 0 Å². The lowest BCUT2D eigenvalue weighted by Crippen LogP contribution is -2.29. The van der Waals surface area contributed by atoms with Crippen LogP contribution in [-0.2, 0) is 14.6 Å². The number of anilines is 1. The van der Waals surface area contributed by atoms with Gasteiger partial charge in [0, 0.05) is 16.4 Å². The van der Waals surface area contributed by atoms with Crippen LogP contribution in [0.3, 0.4) is 0 Å². The third kappa shape index (κ3) is 7.97. The molecule has 0 heterocycles. The van der Waals surface area contributed by atoms with Crippen molar-refractivity contribution in [3.8, 4) is 0 Å². The lowest BCUT2D eigenvalue weighted by atomic mass is 10.3. The molecule has 1 aromatic carbocycles. The largest absolute Gasteiger partial charge is 0.325 e. The molecule has 0 atom stereocenters. The maximum absolute atomic E-state index is 11.6. The van der Waals surface area contributed by atoms with Crippen LogP contribution in [0, 0.1) is 0 Å². The van der Waals surface area contributed by atoms with Crippen molar-refractivity contribution in [3.05, 3.63) is 28.7 Å². The highest BCUT2D eigenvalue weighted by Gasteiger charge is 2.03. The average Bonchev–Trinajstić information content (AvgIpc) is 2.30. The number of benzene rings is 1. The summed E-state index contributed by atoms with van der Waals surface area (Å²) in [5.41, 5.74) is 0.728. The molecule has 106 valence electrons. The minimum absolute atomic E-state index is 0.133. The van der Waals surface area contributed by atoms with Crippen molar-refractivity contribution in [3.63, 3.8) is 0 Å². The molecule has 0 saturated carbocycles. The van der Waals surface area contributed by atoms with Crippen LogP contribution in [0.4, 0.5) is 5.69 Å². The Kier molecular flexibility index (Phi) is 6.47. The fourth-order valence-corrected chi connectivity index (χ4v) is 2.33. The normalized spacial score (nSPS) is 11.3. The van der Waals surface area contributed by atoms with Gasteiger partial charge in [-0.3, -0.25) is 4.79 Å². The summed E-state index contributed by atoms with van der Waals surface area (Å²) in [5.74, 6) is -0.0180. The molecule has 0 saturated heterocycles. The van der Waals surface area contributed by atoms with E-state index in [1.807, 2.05) is 12.1 Å². The van der Waals surface area contributed by atoms with Crippen LogP contribution >= 0.6 is 15.9 Å². The van der Waals surface area contributed by atoms with E-state index in [2.05, 4.69) is 26.6 Å². The first-order valence-electron chi connectivity index (χ1n) is 5.81. The number of nitrogens with one attached hydrogen (secondary N) is 2. The molecule has 0 aliphatic rings. The third-order valence-electron chi connectivity index (χ3n) is 2.28. The van der Waals surface area contributed by atoms with E-state index >= 15 is 0 Å². The quantitative estimate of drug-likeness (QED) is 0.730. The summed E-state index contributed by atoms with van der Waals surface area (Å²) in [4.78, 5) is 11.6. The molecule has 0 radical (unpaired) electrons. The first-order chi connectivity index (χ1) is 8.87. The van der Waals surface area contributed by atoms with Crippen LogP contribution in [0.15, 0.2) is 28.7 Å². The van der Waals surface area contributed by atoms with Gasteiger partial charge in [0.2, 0.25) is 5.91 Å². The maximum Gasteiger partial charge on any atom is 0.238 e. The highest BCUT2D eigenvalue weighted by atomic mass is 79.9. The first kappa shape index (κ1) is 16.1. The topological polar surface area (TPSA) is 75.3 Å². The molecule has 0 aromatic heterocycles. The summed E-state index contributed by atoms with van der Waals surface area (Å²) < 4.78 is 22.7. The number of sulfone groups is 1. The molecular formula is C12H17BrN2O3S. The number of hydrogen-bond acceptors (Lipinski definition) is 4. The SMILES string of the molecule is CS(=O)(=O)CCCNCC(=O)Nc1ccc(Br)cc1. The van der Waals surface area contributed by atoms with Crippen LogP contribution in [-0.4, -0.2) is 39.4 Å². The summed E-state index contributed by atoms with van der Waals surface area (Å²) in [5, 5.41) is 5.64.